The Morgan fingerprint density at radius 3 is 2.67 bits per heavy atom. The predicted molar refractivity (Wildman–Crippen MR) is 132 cm³/mol. The summed E-state index contributed by atoms with van der Waals surface area (Å²) in [5.41, 5.74) is 1.45. The standard InChI is InChI=1S/C29H38N2O2/c1-28-17-15-24-22(11-13-25-29(24,2)18-16-27(33)31(25)3)23(28)12-10-21(28)19-30-26(32)14-9-20-7-5-4-6-8-20/h4-9,14,16,18,21-25H,10-13,15,17,19H2,1-3H3,(H,30,32)/b14-9+/t21?,22-,23-,24+,25?,28+,29+/m0/s1. The van der Waals surface area contributed by atoms with Crippen molar-refractivity contribution < 1.29 is 9.59 Å². The molecule has 4 nitrogen and oxygen atoms in total. The Kier molecular flexibility index (Phi) is 5.74. The summed E-state index contributed by atoms with van der Waals surface area (Å²) in [5.74, 6) is 2.83. The highest BCUT2D eigenvalue weighted by Crippen LogP contribution is 2.65. The van der Waals surface area contributed by atoms with Crippen molar-refractivity contribution in [2.75, 3.05) is 13.6 Å². The van der Waals surface area contributed by atoms with E-state index in [2.05, 4.69) is 25.2 Å². The minimum absolute atomic E-state index is 0.00709. The highest BCUT2D eigenvalue weighted by Gasteiger charge is 2.60. The van der Waals surface area contributed by atoms with Gasteiger partial charge in [-0.05, 0) is 85.3 Å². The summed E-state index contributed by atoms with van der Waals surface area (Å²) in [6, 6.07) is 10.3. The molecule has 0 spiro atoms. The first kappa shape index (κ1) is 22.4. The van der Waals surface area contributed by atoms with Gasteiger partial charge in [0.25, 0.3) is 0 Å². The van der Waals surface area contributed by atoms with Gasteiger partial charge in [-0.3, -0.25) is 9.59 Å². The van der Waals surface area contributed by atoms with Gasteiger partial charge in [-0.2, -0.15) is 0 Å². The maximum Gasteiger partial charge on any atom is 0.246 e. The molecule has 2 unspecified atom stereocenters. The van der Waals surface area contributed by atoms with Crippen molar-refractivity contribution in [3.63, 3.8) is 0 Å². The van der Waals surface area contributed by atoms with Crippen molar-refractivity contribution in [2.24, 2.45) is 34.5 Å². The van der Waals surface area contributed by atoms with Gasteiger partial charge in [0.2, 0.25) is 11.8 Å². The van der Waals surface area contributed by atoms with Crippen LogP contribution in [-0.4, -0.2) is 36.3 Å². The minimum Gasteiger partial charge on any atom is -0.352 e. The second-order valence-corrected chi connectivity index (χ2v) is 11.4. The summed E-state index contributed by atoms with van der Waals surface area (Å²) in [7, 11) is 1.99. The number of fused-ring (bicyclic) bond motifs is 5. The van der Waals surface area contributed by atoms with Crippen LogP contribution in [0.2, 0.25) is 0 Å². The van der Waals surface area contributed by atoms with E-state index in [1.165, 1.54) is 32.1 Å². The summed E-state index contributed by atoms with van der Waals surface area (Å²) in [4.78, 5) is 26.8. The molecule has 1 N–H and O–H groups in total. The molecule has 1 heterocycles. The molecular formula is C29H38N2O2. The smallest absolute Gasteiger partial charge is 0.246 e. The van der Waals surface area contributed by atoms with Gasteiger partial charge in [-0.25, -0.2) is 0 Å². The van der Waals surface area contributed by atoms with Crippen molar-refractivity contribution in [2.45, 2.75) is 58.4 Å². The number of carbonyl (C=O) groups is 2. The Morgan fingerprint density at radius 1 is 1.09 bits per heavy atom. The molecule has 3 saturated carbocycles. The first-order valence-electron chi connectivity index (χ1n) is 12.8. The summed E-state index contributed by atoms with van der Waals surface area (Å²) >= 11 is 0. The van der Waals surface area contributed by atoms with E-state index in [1.54, 1.807) is 6.08 Å². The highest BCUT2D eigenvalue weighted by molar-refractivity contribution is 5.91. The Hall–Kier alpha value is -2.36. The van der Waals surface area contributed by atoms with Gasteiger partial charge < -0.3 is 10.2 Å². The average Bonchev–Trinajstić information content (AvgIpc) is 3.16. The van der Waals surface area contributed by atoms with Crippen molar-refractivity contribution in [3.8, 4) is 0 Å². The lowest BCUT2D eigenvalue weighted by molar-refractivity contribution is -0.139. The third-order valence-corrected chi connectivity index (χ3v) is 10.1. The van der Waals surface area contributed by atoms with E-state index >= 15 is 0 Å². The molecule has 0 bridgehead atoms. The Bertz CT molecular complexity index is 969. The zero-order chi connectivity index (χ0) is 23.2. The van der Waals surface area contributed by atoms with Crippen LogP contribution in [-0.2, 0) is 9.59 Å². The lowest BCUT2D eigenvalue weighted by Crippen LogP contribution is -2.59. The maximum atomic E-state index is 12.5. The van der Waals surface area contributed by atoms with E-state index in [0.717, 1.165) is 30.4 Å². The molecular weight excluding hydrogens is 408 g/mol. The lowest BCUT2D eigenvalue weighted by Gasteiger charge is -2.60. The monoisotopic (exact) mass is 446 g/mol. The predicted octanol–water partition coefficient (Wildman–Crippen LogP) is 5.07. The molecule has 0 radical (unpaired) electrons. The van der Waals surface area contributed by atoms with Crippen LogP contribution in [0, 0.1) is 34.5 Å². The van der Waals surface area contributed by atoms with Crippen LogP contribution in [0.4, 0.5) is 0 Å². The molecule has 4 heteroatoms. The van der Waals surface area contributed by atoms with Crippen molar-refractivity contribution >= 4 is 17.9 Å². The van der Waals surface area contributed by atoms with Gasteiger partial charge >= 0.3 is 0 Å². The van der Waals surface area contributed by atoms with Gasteiger partial charge in [0.05, 0.1) is 0 Å². The normalized spacial score (nSPS) is 39.8. The number of hydrogen-bond donors (Lipinski definition) is 1. The molecule has 33 heavy (non-hydrogen) atoms. The van der Waals surface area contributed by atoms with Gasteiger partial charge in [-0.1, -0.05) is 50.3 Å². The third-order valence-electron chi connectivity index (χ3n) is 10.1. The summed E-state index contributed by atoms with van der Waals surface area (Å²) in [5, 5.41) is 3.21. The molecule has 3 fully saturated rings. The summed E-state index contributed by atoms with van der Waals surface area (Å²) in [6.45, 7) is 5.68. The van der Waals surface area contributed by atoms with E-state index in [0.29, 0.717) is 23.3 Å². The van der Waals surface area contributed by atoms with Gasteiger partial charge in [0.15, 0.2) is 0 Å². The fourth-order valence-electron chi connectivity index (χ4n) is 8.20. The number of amides is 2. The topological polar surface area (TPSA) is 49.4 Å². The van der Waals surface area contributed by atoms with Crippen LogP contribution >= 0.6 is 0 Å². The van der Waals surface area contributed by atoms with E-state index in [9.17, 15) is 9.59 Å². The zero-order valence-corrected chi connectivity index (χ0v) is 20.3. The Morgan fingerprint density at radius 2 is 1.88 bits per heavy atom. The van der Waals surface area contributed by atoms with Crippen LogP contribution in [0.3, 0.4) is 0 Å². The Balaban J connectivity index is 1.25. The third kappa shape index (κ3) is 3.76. The molecule has 4 aliphatic rings. The number of hydrogen-bond acceptors (Lipinski definition) is 2. The van der Waals surface area contributed by atoms with Crippen molar-refractivity contribution in [1.82, 2.24) is 10.2 Å². The van der Waals surface area contributed by atoms with Gasteiger partial charge in [-0.15, -0.1) is 0 Å². The van der Waals surface area contributed by atoms with Crippen LogP contribution in [0.1, 0.15) is 57.9 Å². The number of rotatable bonds is 4. The van der Waals surface area contributed by atoms with Crippen LogP contribution in [0.25, 0.3) is 6.08 Å². The molecule has 1 aliphatic heterocycles. The van der Waals surface area contributed by atoms with Crippen molar-refractivity contribution in [1.29, 1.82) is 0 Å². The number of nitrogens with one attached hydrogen (secondary N) is 1. The quantitative estimate of drug-likeness (QED) is 0.657. The molecule has 1 aromatic rings. The molecule has 1 aromatic carbocycles. The number of benzene rings is 1. The summed E-state index contributed by atoms with van der Waals surface area (Å²) in [6.07, 6.45) is 14.9. The summed E-state index contributed by atoms with van der Waals surface area (Å²) < 4.78 is 0. The minimum atomic E-state index is 0.00709. The maximum absolute atomic E-state index is 12.5. The largest absolute Gasteiger partial charge is 0.352 e. The number of carbonyl (C=O) groups excluding carboxylic acids is 2. The SMILES string of the molecule is CN1C(=O)C=C[C@@]2(C)C1CC[C@@H]1[C@H]2CC[C@]2(C)C(CNC(=O)/C=C/c3ccccc3)CC[C@@H]12. The second-order valence-electron chi connectivity index (χ2n) is 11.4. The zero-order valence-electron chi connectivity index (χ0n) is 20.3. The fourth-order valence-corrected chi connectivity index (χ4v) is 8.20. The molecule has 3 aliphatic carbocycles. The lowest BCUT2D eigenvalue weighted by atomic mass is 9.47. The number of likely N-dealkylation sites (N-methyl/N-ethyl adjacent to an activating group) is 1. The fraction of sp³-hybridized carbons (Fsp3) is 0.586. The molecule has 2 amide bonds. The average molecular weight is 447 g/mol. The first-order valence-corrected chi connectivity index (χ1v) is 12.8. The molecule has 0 saturated heterocycles. The van der Waals surface area contributed by atoms with E-state index in [1.807, 2.05) is 54.4 Å². The highest BCUT2D eigenvalue weighted by atomic mass is 16.2. The second kappa shape index (κ2) is 8.45. The van der Waals surface area contributed by atoms with Crippen LogP contribution < -0.4 is 5.32 Å². The molecule has 5 rings (SSSR count). The van der Waals surface area contributed by atoms with Crippen molar-refractivity contribution in [3.05, 3.63) is 54.1 Å². The van der Waals surface area contributed by atoms with E-state index in [-0.39, 0.29) is 17.2 Å². The van der Waals surface area contributed by atoms with Gasteiger partial charge in [0.1, 0.15) is 0 Å². The molecule has 176 valence electrons. The Labute approximate surface area is 198 Å². The molecule has 0 aromatic heterocycles. The molecule has 7 atom stereocenters. The van der Waals surface area contributed by atoms with Gasteiger partial charge in [0, 0.05) is 31.1 Å². The van der Waals surface area contributed by atoms with Crippen LogP contribution in [0.5, 0.6) is 0 Å². The van der Waals surface area contributed by atoms with E-state index < -0.39 is 0 Å². The first-order chi connectivity index (χ1) is 15.8. The van der Waals surface area contributed by atoms with E-state index in [4.69, 9.17) is 0 Å². The van der Waals surface area contributed by atoms with Crippen LogP contribution in [0.15, 0.2) is 48.6 Å². The number of nitrogens with zero attached hydrogens (tertiary/aromatic N) is 1.